The summed E-state index contributed by atoms with van der Waals surface area (Å²) < 4.78 is 10.4. The highest BCUT2D eigenvalue weighted by Gasteiger charge is 2.22. The molecule has 1 aliphatic heterocycles. The van der Waals surface area contributed by atoms with Crippen molar-refractivity contribution in [3.8, 4) is 11.5 Å². The molecular weight excluding hydrogens is 234 g/mol. The second-order valence-electron chi connectivity index (χ2n) is 4.22. The summed E-state index contributed by atoms with van der Waals surface area (Å²) in [6.45, 7) is 1.77. The summed E-state index contributed by atoms with van der Waals surface area (Å²) in [6, 6.07) is 3.27. The van der Waals surface area contributed by atoms with Crippen molar-refractivity contribution in [2.45, 2.75) is 12.8 Å². The summed E-state index contributed by atoms with van der Waals surface area (Å²) in [5, 5.41) is 9.29. The third-order valence-corrected chi connectivity index (χ3v) is 3.18. The lowest BCUT2D eigenvalue weighted by molar-refractivity contribution is 0.0697. The molecule has 0 saturated carbocycles. The Kier molecular flexibility index (Phi) is 3.60. The third kappa shape index (κ3) is 2.20. The van der Waals surface area contributed by atoms with E-state index in [4.69, 9.17) is 9.47 Å². The Morgan fingerprint density at radius 3 is 2.22 bits per heavy atom. The topological polar surface area (TPSA) is 59.0 Å². The first kappa shape index (κ1) is 12.5. The van der Waals surface area contributed by atoms with Crippen LogP contribution in [0.4, 0.5) is 5.69 Å². The lowest BCUT2D eigenvalue weighted by Crippen LogP contribution is -2.20. The number of anilines is 1. The molecule has 0 aliphatic carbocycles. The molecule has 1 N–H and O–H groups in total. The molecule has 2 rings (SSSR count). The third-order valence-electron chi connectivity index (χ3n) is 3.18. The molecule has 5 heteroatoms. The molecule has 98 valence electrons. The summed E-state index contributed by atoms with van der Waals surface area (Å²) in [7, 11) is 3.05. The van der Waals surface area contributed by atoms with Crippen LogP contribution in [0.2, 0.25) is 0 Å². The van der Waals surface area contributed by atoms with Gasteiger partial charge in [0, 0.05) is 25.2 Å². The molecular formula is C13H17NO4. The number of hydrogen-bond acceptors (Lipinski definition) is 4. The normalized spacial score (nSPS) is 14.7. The lowest BCUT2D eigenvalue weighted by Gasteiger charge is -2.21. The number of carbonyl (C=O) groups is 1. The van der Waals surface area contributed by atoms with Gasteiger partial charge in [0.05, 0.1) is 25.5 Å². The predicted molar refractivity (Wildman–Crippen MR) is 68.0 cm³/mol. The average Bonchev–Trinajstić information content (AvgIpc) is 2.90. The smallest absolute Gasteiger partial charge is 0.337 e. The second kappa shape index (κ2) is 5.16. The van der Waals surface area contributed by atoms with Crippen LogP contribution in [0.3, 0.4) is 0 Å². The summed E-state index contributed by atoms with van der Waals surface area (Å²) in [4.78, 5) is 13.4. The monoisotopic (exact) mass is 251 g/mol. The fraction of sp³-hybridized carbons (Fsp3) is 0.462. The first-order valence-corrected chi connectivity index (χ1v) is 5.91. The van der Waals surface area contributed by atoms with E-state index in [1.54, 1.807) is 13.2 Å². The molecule has 0 amide bonds. The Hall–Kier alpha value is -1.91. The van der Waals surface area contributed by atoms with Gasteiger partial charge in [-0.3, -0.25) is 0 Å². The Morgan fingerprint density at radius 2 is 1.72 bits per heavy atom. The molecule has 0 spiro atoms. The number of nitrogens with zero attached hydrogens (tertiary/aromatic N) is 1. The minimum absolute atomic E-state index is 0.259. The van der Waals surface area contributed by atoms with Crippen LogP contribution < -0.4 is 14.4 Å². The molecule has 1 heterocycles. The van der Waals surface area contributed by atoms with Gasteiger partial charge >= 0.3 is 5.97 Å². The van der Waals surface area contributed by atoms with Gasteiger partial charge in [0.25, 0.3) is 0 Å². The van der Waals surface area contributed by atoms with Gasteiger partial charge in [-0.2, -0.15) is 0 Å². The first-order chi connectivity index (χ1) is 8.67. The van der Waals surface area contributed by atoms with E-state index < -0.39 is 5.97 Å². The molecule has 0 aromatic heterocycles. The quantitative estimate of drug-likeness (QED) is 0.887. The van der Waals surface area contributed by atoms with Crippen molar-refractivity contribution in [2.24, 2.45) is 0 Å². The minimum Gasteiger partial charge on any atom is -0.493 e. The molecule has 1 fully saturated rings. The Balaban J connectivity index is 2.50. The molecule has 0 radical (unpaired) electrons. The van der Waals surface area contributed by atoms with Crippen molar-refractivity contribution in [1.82, 2.24) is 0 Å². The number of methoxy groups -OCH3 is 2. The molecule has 0 atom stereocenters. The van der Waals surface area contributed by atoms with Crippen LogP contribution in [0.25, 0.3) is 0 Å². The van der Waals surface area contributed by atoms with Crippen LogP contribution in [0.1, 0.15) is 23.2 Å². The molecule has 5 nitrogen and oxygen atoms in total. The zero-order chi connectivity index (χ0) is 13.1. The van der Waals surface area contributed by atoms with Crippen molar-refractivity contribution in [2.75, 3.05) is 32.2 Å². The van der Waals surface area contributed by atoms with Gasteiger partial charge in [-0.15, -0.1) is 0 Å². The zero-order valence-electron chi connectivity index (χ0n) is 10.6. The highest BCUT2D eigenvalue weighted by atomic mass is 16.5. The maximum absolute atomic E-state index is 11.3. The van der Waals surface area contributed by atoms with Crippen LogP contribution in [0, 0.1) is 0 Å². The standard InChI is InChI=1S/C13H17NO4/c1-17-11-7-9(13(15)16)10(8-12(11)18-2)14-5-3-4-6-14/h7-8H,3-6H2,1-2H3,(H,15,16). The molecule has 0 unspecified atom stereocenters. The van der Waals surface area contributed by atoms with Gasteiger partial charge in [0.1, 0.15) is 0 Å². The lowest BCUT2D eigenvalue weighted by atomic mass is 10.1. The fourth-order valence-electron chi connectivity index (χ4n) is 2.26. The maximum atomic E-state index is 11.3. The van der Waals surface area contributed by atoms with Crippen molar-refractivity contribution < 1.29 is 19.4 Å². The number of carboxylic acids is 1. The van der Waals surface area contributed by atoms with E-state index in [0.29, 0.717) is 17.2 Å². The van der Waals surface area contributed by atoms with Gasteiger partial charge in [-0.1, -0.05) is 0 Å². The molecule has 0 bridgehead atoms. The zero-order valence-corrected chi connectivity index (χ0v) is 10.6. The molecule has 1 aliphatic rings. The highest BCUT2D eigenvalue weighted by Crippen LogP contribution is 2.36. The van der Waals surface area contributed by atoms with Gasteiger partial charge in [-0.25, -0.2) is 4.79 Å². The van der Waals surface area contributed by atoms with Crippen molar-refractivity contribution in [1.29, 1.82) is 0 Å². The molecule has 1 saturated heterocycles. The molecule has 1 aromatic carbocycles. The van der Waals surface area contributed by atoms with E-state index in [9.17, 15) is 9.90 Å². The van der Waals surface area contributed by atoms with E-state index in [1.165, 1.54) is 13.2 Å². The van der Waals surface area contributed by atoms with Crippen molar-refractivity contribution in [3.63, 3.8) is 0 Å². The van der Waals surface area contributed by atoms with E-state index in [0.717, 1.165) is 25.9 Å². The van der Waals surface area contributed by atoms with Crippen LogP contribution in [0.5, 0.6) is 11.5 Å². The summed E-state index contributed by atoms with van der Waals surface area (Å²) in [5.74, 6) is 0.0556. The number of rotatable bonds is 4. The van der Waals surface area contributed by atoms with Crippen LogP contribution in [0.15, 0.2) is 12.1 Å². The fourth-order valence-corrected chi connectivity index (χ4v) is 2.26. The van der Waals surface area contributed by atoms with Gasteiger partial charge in [0.2, 0.25) is 0 Å². The van der Waals surface area contributed by atoms with E-state index in [2.05, 4.69) is 4.90 Å². The van der Waals surface area contributed by atoms with Crippen LogP contribution >= 0.6 is 0 Å². The van der Waals surface area contributed by atoms with Gasteiger partial charge in [-0.05, 0) is 12.8 Å². The Labute approximate surface area is 106 Å². The number of ether oxygens (including phenoxy) is 2. The Bertz CT molecular complexity index is 453. The van der Waals surface area contributed by atoms with E-state index in [-0.39, 0.29) is 5.56 Å². The predicted octanol–water partition coefficient (Wildman–Crippen LogP) is 2.00. The van der Waals surface area contributed by atoms with Crippen LogP contribution in [-0.2, 0) is 0 Å². The maximum Gasteiger partial charge on any atom is 0.337 e. The van der Waals surface area contributed by atoms with E-state index >= 15 is 0 Å². The van der Waals surface area contributed by atoms with Gasteiger partial charge in [0.15, 0.2) is 11.5 Å². The Morgan fingerprint density at radius 1 is 1.17 bits per heavy atom. The minimum atomic E-state index is -0.946. The summed E-state index contributed by atoms with van der Waals surface area (Å²) >= 11 is 0. The van der Waals surface area contributed by atoms with Crippen LogP contribution in [-0.4, -0.2) is 38.4 Å². The average molecular weight is 251 g/mol. The SMILES string of the molecule is COc1cc(C(=O)O)c(N2CCCC2)cc1OC. The molecule has 18 heavy (non-hydrogen) atoms. The second-order valence-corrected chi connectivity index (χ2v) is 4.22. The number of benzene rings is 1. The summed E-state index contributed by atoms with van der Waals surface area (Å²) in [6.07, 6.45) is 2.18. The number of carboxylic acid groups (broad SMARTS) is 1. The first-order valence-electron chi connectivity index (χ1n) is 5.91. The summed E-state index contributed by atoms with van der Waals surface area (Å²) in [5.41, 5.74) is 0.965. The van der Waals surface area contributed by atoms with Crippen molar-refractivity contribution in [3.05, 3.63) is 17.7 Å². The highest BCUT2D eigenvalue weighted by molar-refractivity contribution is 5.95. The molecule has 1 aromatic rings. The number of hydrogen-bond donors (Lipinski definition) is 1. The van der Waals surface area contributed by atoms with Gasteiger partial charge < -0.3 is 19.5 Å². The number of aromatic carboxylic acids is 1. The van der Waals surface area contributed by atoms with E-state index in [1.807, 2.05) is 0 Å². The largest absolute Gasteiger partial charge is 0.493 e. The van der Waals surface area contributed by atoms with Crippen molar-refractivity contribution >= 4 is 11.7 Å².